The molecule has 41 heavy (non-hydrogen) atoms. The van der Waals surface area contributed by atoms with Gasteiger partial charge in [-0.25, -0.2) is 9.38 Å². The van der Waals surface area contributed by atoms with Gasteiger partial charge in [0.15, 0.2) is 0 Å². The number of carbonyl (C=O) groups is 3. The Morgan fingerprint density at radius 3 is 2.37 bits per heavy atom. The normalized spacial score (nSPS) is 13.5. The fourth-order valence-electron chi connectivity index (χ4n) is 4.30. The fourth-order valence-corrected chi connectivity index (χ4v) is 4.50. The molecule has 1 aliphatic rings. The highest BCUT2D eigenvalue weighted by Crippen LogP contribution is 2.34. The van der Waals surface area contributed by atoms with Crippen LogP contribution in [0.4, 0.5) is 21.5 Å². The average Bonchev–Trinajstić information content (AvgIpc) is 2.97. The summed E-state index contributed by atoms with van der Waals surface area (Å²) in [5, 5.41) is 5.50. The Hall–Kier alpha value is -4.88. The van der Waals surface area contributed by atoms with Crippen LogP contribution in [0.3, 0.4) is 0 Å². The van der Waals surface area contributed by atoms with Gasteiger partial charge in [0.05, 0.1) is 36.0 Å². The minimum absolute atomic E-state index is 0.00506. The molecule has 1 aliphatic heterocycles. The molecule has 210 valence electrons. The number of nitrogens with one attached hydrogen (secondary N) is 2. The van der Waals surface area contributed by atoms with Crippen LogP contribution in [0, 0.1) is 24.1 Å². The number of carbonyl (C=O) groups excluding carboxylic acids is 3. The van der Waals surface area contributed by atoms with E-state index in [2.05, 4.69) is 21.5 Å². The van der Waals surface area contributed by atoms with Crippen LogP contribution in [0.1, 0.15) is 39.1 Å². The van der Waals surface area contributed by atoms with Gasteiger partial charge in [-0.1, -0.05) is 17.5 Å². The lowest BCUT2D eigenvalue weighted by atomic mass is 9.97. The molecule has 0 aromatic heterocycles. The van der Waals surface area contributed by atoms with Crippen molar-refractivity contribution < 1.29 is 23.5 Å². The Morgan fingerprint density at radius 2 is 1.76 bits per heavy atom. The number of aliphatic imine (C=N–C) groups is 1. The molecule has 3 aromatic carbocycles. The molecule has 4 rings (SSSR count). The molecule has 0 spiro atoms. The smallest absolute Gasteiger partial charge is 0.258 e. The molecule has 3 aromatic rings. The minimum atomic E-state index is -0.808. The predicted molar refractivity (Wildman–Crippen MR) is 156 cm³/mol. The van der Waals surface area contributed by atoms with Crippen molar-refractivity contribution >= 4 is 52.7 Å². The van der Waals surface area contributed by atoms with Gasteiger partial charge in [0.1, 0.15) is 11.6 Å². The highest BCUT2D eigenvalue weighted by Gasteiger charge is 2.23. The summed E-state index contributed by atoms with van der Waals surface area (Å²) in [7, 11) is 1.35. The lowest BCUT2D eigenvalue weighted by Crippen LogP contribution is -2.37. The molecular formula is C30H27ClFN5O4. The second-order valence-electron chi connectivity index (χ2n) is 9.28. The first kappa shape index (κ1) is 29.1. The largest absolute Gasteiger partial charge is 0.494 e. The molecule has 1 fully saturated rings. The molecule has 0 radical (unpaired) electrons. The number of benzene rings is 3. The fraction of sp³-hybridized carbons (Fsp3) is 0.200. The Bertz CT molecular complexity index is 1540. The monoisotopic (exact) mass is 575 g/mol. The summed E-state index contributed by atoms with van der Waals surface area (Å²) in [6, 6.07) is 13.3. The quantitative estimate of drug-likeness (QED) is 0.201. The van der Waals surface area contributed by atoms with Gasteiger partial charge in [0.2, 0.25) is 5.91 Å². The molecule has 0 bridgehead atoms. The summed E-state index contributed by atoms with van der Waals surface area (Å²) in [6.07, 6.45) is 8.21. The Kier molecular flexibility index (Phi) is 9.22. The van der Waals surface area contributed by atoms with Gasteiger partial charge < -0.3 is 26.0 Å². The van der Waals surface area contributed by atoms with Crippen molar-refractivity contribution in [3.05, 3.63) is 82.1 Å². The number of terminal acetylenes is 1. The number of rotatable bonds is 8. The Morgan fingerprint density at radius 1 is 1.07 bits per heavy atom. The summed E-state index contributed by atoms with van der Waals surface area (Å²) in [6.45, 7) is 1.21. The Balaban J connectivity index is 1.51. The standard InChI is InChI=1S/C30H27ClFN5O4/c1-3-18-4-6-21(7-5-18)35-30(40)24-14-20(31)15-26(41-2)27(24)36-29(39)23-9-8-22(16-25(23)32)34-17-37-12-10-19(11-13-37)28(33)38/h1,4-9,14-17,19H,10-13H2,2H3,(H2,33,38)(H,35,40)(H,36,39). The molecule has 0 unspecified atom stereocenters. The summed E-state index contributed by atoms with van der Waals surface area (Å²) in [5.74, 6) is -0.0524. The Labute approximate surface area is 241 Å². The number of ether oxygens (including phenoxy) is 1. The molecule has 4 N–H and O–H groups in total. The van der Waals surface area contributed by atoms with Crippen LogP contribution in [0.5, 0.6) is 5.75 Å². The topological polar surface area (TPSA) is 126 Å². The zero-order valence-electron chi connectivity index (χ0n) is 22.1. The number of nitrogens with zero attached hydrogens (tertiary/aromatic N) is 2. The van der Waals surface area contributed by atoms with E-state index in [1.165, 1.54) is 31.4 Å². The molecule has 0 saturated carbocycles. The summed E-state index contributed by atoms with van der Waals surface area (Å²) in [4.78, 5) is 43.8. The molecule has 0 atom stereocenters. The zero-order valence-corrected chi connectivity index (χ0v) is 22.9. The first-order chi connectivity index (χ1) is 19.7. The van der Waals surface area contributed by atoms with Crippen LogP contribution in [-0.4, -0.2) is 49.2 Å². The van der Waals surface area contributed by atoms with Crippen LogP contribution in [-0.2, 0) is 4.79 Å². The zero-order chi connectivity index (χ0) is 29.5. The number of amides is 3. The average molecular weight is 576 g/mol. The molecule has 11 heteroatoms. The molecule has 3 amide bonds. The van der Waals surface area contributed by atoms with E-state index in [9.17, 15) is 14.4 Å². The number of anilines is 2. The van der Waals surface area contributed by atoms with E-state index in [1.807, 2.05) is 4.90 Å². The third-order valence-electron chi connectivity index (χ3n) is 6.58. The third kappa shape index (κ3) is 7.21. The van der Waals surface area contributed by atoms with Gasteiger partial charge in [-0.15, -0.1) is 6.42 Å². The van der Waals surface area contributed by atoms with Crippen molar-refractivity contribution in [2.45, 2.75) is 12.8 Å². The van der Waals surface area contributed by atoms with Crippen LogP contribution in [0.15, 0.2) is 59.6 Å². The number of halogens is 2. The number of primary amides is 1. The lowest BCUT2D eigenvalue weighted by Gasteiger charge is -2.28. The second-order valence-corrected chi connectivity index (χ2v) is 9.72. The SMILES string of the molecule is C#Cc1ccc(NC(=O)c2cc(Cl)cc(OC)c2NC(=O)c2ccc(N=CN3CCC(C(N)=O)CC3)cc2F)cc1. The van der Waals surface area contributed by atoms with E-state index in [0.717, 1.165) is 6.07 Å². The second kappa shape index (κ2) is 13.0. The maximum absolute atomic E-state index is 15.0. The number of nitrogens with two attached hydrogens (primary N) is 1. The van der Waals surface area contributed by atoms with E-state index in [1.54, 1.807) is 30.6 Å². The van der Waals surface area contributed by atoms with Crippen LogP contribution >= 0.6 is 11.6 Å². The molecule has 1 heterocycles. The van der Waals surface area contributed by atoms with Gasteiger partial charge in [-0.3, -0.25) is 14.4 Å². The van der Waals surface area contributed by atoms with Crippen molar-refractivity contribution in [2.24, 2.45) is 16.6 Å². The first-order valence-electron chi connectivity index (χ1n) is 12.6. The highest BCUT2D eigenvalue weighted by atomic mass is 35.5. The van der Waals surface area contributed by atoms with Gasteiger partial charge in [-0.05, 0) is 55.3 Å². The van der Waals surface area contributed by atoms with Gasteiger partial charge in [0.25, 0.3) is 11.8 Å². The van der Waals surface area contributed by atoms with E-state index in [0.29, 0.717) is 42.9 Å². The van der Waals surface area contributed by atoms with Crippen molar-refractivity contribution in [3.63, 3.8) is 0 Å². The van der Waals surface area contributed by atoms with E-state index >= 15 is 4.39 Å². The van der Waals surface area contributed by atoms with Gasteiger partial charge >= 0.3 is 0 Å². The van der Waals surface area contributed by atoms with E-state index in [4.69, 9.17) is 28.5 Å². The van der Waals surface area contributed by atoms with E-state index < -0.39 is 17.6 Å². The highest BCUT2D eigenvalue weighted by molar-refractivity contribution is 6.31. The number of hydrogen-bond donors (Lipinski definition) is 3. The maximum atomic E-state index is 15.0. The van der Waals surface area contributed by atoms with Crippen molar-refractivity contribution in [1.82, 2.24) is 4.90 Å². The van der Waals surface area contributed by atoms with Crippen LogP contribution < -0.4 is 21.1 Å². The predicted octanol–water partition coefficient (Wildman–Crippen LogP) is 4.83. The van der Waals surface area contributed by atoms with Crippen molar-refractivity contribution in [3.8, 4) is 18.1 Å². The van der Waals surface area contributed by atoms with Gasteiger partial charge in [0, 0.05) is 47.4 Å². The number of methoxy groups -OCH3 is 1. The molecule has 0 aliphatic carbocycles. The number of piperidine rings is 1. The summed E-state index contributed by atoms with van der Waals surface area (Å²) >= 11 is 6.20. The first-order valence-corrected chi connectivity index (χ1v) is 13.0. The maximum Gasteiger partial charge on any atom is 0.258 e. The molecular weight excluding hydrogens is 549 g/mol. The molecule has 9 nitrogen and oxygen atoms in total. The summed E-state index contributed by atoms with van der Waals surface area (Å²) in [5.41, 5.74) is 6.53. The lowest BCUT2D eigenvalue weighted by molar-refractivity contribution is -0.122. The number of likely N-dealkylation sites (tertiary alicyclic amines) is 1. The van der Waals surface area contributed by atoms with Crippen molar-refractivity contribution in [2.75, 3.05) is 30.8 Å². The van der Waals surface area contributed by atoms with Crippen molar-refractivity contribution in [1.29, 1.82) is 0 Å². The van der Waals surface area contributed by atoms with E-state index in [-0.39, 0.29) is 39.4 Å². The van der Waals surface area contributed by atoms with Crippen LogP contribution in [0.25, 0.3) is 0 Å². The molecule has 1 saturated heterocycles. The third-order valence-corrected chi connectivity index (χ3v) is 6.80. The van der Waals surface area contributed by atoms with Gasteiger partial charge in [-0.2, -0.15) is 0 Å². The minimum Gasteiger partial charge on any atom is -0.494 e. The number of hydrogen-bond acceptors (Lipinski definition) is 5. The van der Waals surface area contributed by atoms with Crippen LogP contribution in [0.2, 0.25) is 5.02 Å². The summed E-state index contributed by atoms with van der Waals surface area (Å²) < 4.78 is 20.4.